The third kappa shape index (κ3) is 3.72. The van der Waals surface area contributed by atoms with Crippen LogP contribution < -0.4 is 4.74 Å². The first-order valence-corrected chi connectivity index (χ1v) is 11.7. The largest absolute Gasteiger partial charge is 0.482 e. The van der Waals surface area contributed by atoms with Gasteiger partial charge in [-0.25, -0.2) is 4.79 Å². The molecule has 2 N–H and O–H groups in total. The molecule has 1 aromatic carbocycles. The number of rotatable bonds is 7. The van der Waals surface area contributed by atoms with Crippen LogP contribution in [0.25, 0.3) is 0 Å². The van der Waals surface area contributed by atoms with Crippen molar-refractivity contribution in [2.45, 2.75) is 56.9 Å². The first-order valence-electron chi connectivity index (χ1n) is 11.4. The molecule has 3 atom stereocenters. The number of carbonyl (C=O) groups excluding carboxylic acids is 1. The van der Waals surface area contributed by atoms with Gasteiger partial charge in [-0.05, 0) is 86.3 Å². The predicted molar refractivity (Wildman–Crippen MR) is 115 cm³/mol. The van der Waals surface area contributed by atoms with Crippen LogP contribution in [0.5, 0.6) is 5.75 Å². The Morgan fingerprint density at radius 3 is 2.61 bits per heavy atom. The molecule has 6 rings (SSSR count). The highest BCUT2D eigenvalue weighted by atomic mass is 35.5. The zero-order chi connectivity index (χ0) is 21.8. The second-order valence-corrected chi connectivity index (χ2v) is 10.9. The Kier molecular flexibility index (Phi) is 5.21. The van der Waals surface area contributed by atoms with E-state index in [-0.39, 0.29) is 29.4 Å². The number of aliphatic hydroxyl groups is 1. The molecule has 1 heterocycles. The lowest BCUT2D eigenvalue weighted by Gasteiger charge is -2.64. The second-order valence-electron chi connectivity index (χ2n) is 10.5. The first kappa shape index (κ1) is 21.1. The van der Waals surface area contributed by atoms with Crippen molar-refractivity contribution in [1.82, 2.24) is 4.90 Å². The molecule has 5 aliphatic rings. The van der Waals surface area contributed by atoms with Crippen molar-refractivity contribution in [3.8, 4) is 5.75 Å². The minimum atomic E-state index is -1.04. The summed E-state index contributed by atoms with van der Waals surface area (Å²) in [4.78, 5) is 26.4. The molecule has 1 aromatic rings. The molecule has 7 heteroatoms. The van der Waals surface area contributed by atoms with E-state index in [0.29, 0.717) is 29.0 Å². The molecule has 1 aliphatic heterocycles. The van der Waals surface area contributed by atoms with E-state index in [0.717, 1.165) is 50.6 Å². The molecule has 1 saturated heterocycles. The number of carbonyl (C=O) groups is 2. The van der Waals surface area contributed by atoms with Crippen LogP contribution in [0, 0.1) is 23.2 Å². The number of carboxylic acid groups (broad SMARTS) is 1. The molecule has 4 bridgehead atoms. The number of benzene rings is 1. The third-order valence-corrected chi connectivity index (χ3v) is 8.58. The Hall–Kier alpha value is -1.79. The standard InChI is InChI=1S/C24H30ClNO5/c25-20-7-19(31-12-21(28)29)2-1-17(20)6-18-3-4-26(22(18)30)24-10-15-5-16(11-24)9-23(8-15,13-24)14-27/h1-2,7,15-16,18,27H,3-6,8-14H2,(H,28,29). The van der Waals surface area contributed by atoms with E-state index < -0.39 is 12.6 Å². The van der Waals surface area contributed by atoms with Crippen LogP contribution in [0.1, 0.15) is 50.5 Å². The third-order valence-electron chi connectivity index (χ3n) is 8.23. The highest BCUT2D eigenvalue weighted by Gasteiger charge is 2.61. The molecule has 6 nitrogen and oxygen atoms in total. The van der Waals surface area contributed by atoms with Crippen LogP contribution in [0.15, 0.2) is 18.2 Å². The number of likely N-dealkylation sites (tertiary alicyclic amines) is 1. The van der Waals surface area contributed by atoms with Gasteiger partial charge in [0.25, 0.3) is 0 Å². The number of nitrogens with zero attached hydrogens (tertiary/aromatic N) is 1. The van der Waals surface area contributed by atoms with E-state index in [9.17, 15) is 14.7 Å². The zero-order valence-electron chi connectivity index (χ0n) is 17.7. The van der Waals surface area contributed by atoms with Crippen LogP contribution in [-0.4, -0.2) is 52.3 Å². The molecule has 31 heavy (non-hydrogen) atoms. The number of hydrogen-bond acceptors (Lipinski definition) is 4. The van der Waals surface area contributed by atoms with Crippen molar-refractivity contribution < 1.29 is 24.5 Å². The lowest BCUT2D eigenvalue weighted by atomic mass is 9.46. The van der Waals surface area contributed by atoms with Gasteiger partial charge in [-0.15, -0.1) is 0 Å². The molecule has 168 valence electrons. The van der Waals surface area contributed by atoms with Gasteiger partial charge in [0.2, 0.25) is 5.91 Å². The van der Waals surface area contributed by atoms with Gasteiger partial charge in [0.1, 0.15) is 5.75 Å². The highest BCUT2D eigenvalue weighted by Crippen LogP contribution is 2.63. The number of aliphatic carboxylic acids is 1. The van der Waals surface area contributed by atoms with Crippen molar-refractivity contribution >= 4 is 23.5 Å². The molecule has 4 aliphatic carbocycles. The quantitative estimate of drug-likeness (QED) is 0.667. The van der Waals surface area contributed by atoms with E-state index in [2.05, 4.69) is 4.90 Å². The fraction of sp³-hybridized carbons (Fsp3) is 0.667. The van der Waals surface area contributed by atoms with Gasteiger partial charge in [0, 0.05) is 29.6 Å². The van der Waals surface area contributed by atoms with Crippen LogP contribution >= 0.6 is 11.6 Å². The molecule has 5 fully saturated rings. The summed E-state index contributed by atoms with van der Waals surface area (Å²) in [5.41, 5.74) is 0.857. The molecular weight excluding hydrogens is 418 g/mol. The number of ether oxygens (including phenoxy) is 1. The minimum absolute atomic E-state index is 0.0253. The van der Waals surface area contributed by atoms with Crippen molar-refractivity contribution in [1.29, 1.82) is 0 Å². The smallest absolute Gasteiger partial charge is 0.341 e. The SMILES string of the molecule is O=C(O)COc1ccc(CC2CCN(C34CC5CC(CC(CO)(C5)C3)C4)C2=O)c(Cl)c1. The van der Waals surface area contributed by atoms with Crippen molar-refractivity contribution in [3.05, 3.63) is 28.8 Å². The summed E-state index contributed by atoms with van der Waals surface area (Å²) in [5, 5.41) is 19.4. The van der Waals surface area contributed by atoms with Crippen LogP contribution in [0.3, 0.4) is 0 Å². The summed E-state index contributed by atoms with van der Waals surface area (Å²) in [6.45, 7) is 0.631. The predicted octanol–water partition coefficient (Wildman–Crippen LogP) is 3.53. The lowest BCUT2D eigenvalue weighted by molar-refractivity contribution is -0.164. The van der Waals surface area contributed by atoms with E-state index in [1.54, 1.807) is 12.1 Å². The second kappa shape index (κ2) is 7.66. The Bertz CT molecular complexity index is 888. The topological polar surface area (TPSA) is 87.1 Å². The number of aliphatic hydroxyl groups excluding tert-OH is 1. The Morgan fingerprint density at radius 2 is 1.97 bits per heavy atom. The summed E-state index contributed by atoms with van der Waals surface area (Å²) in [6.07, 6.45) is 8.08. The Labute approximate surface area is 187 Å². The molecule has 1 amide bonds. The molecule has 4 saturated carbocycles. The lowest BCUT2D eigenvalue weighted by Crippen LogP contribution is -2.64. The van der Waals surface area contributed by atoms with Crippen molar-refractivity contribution in [2.24, 2.45) is 23.2 Å². The maximum absolute atomic E-state index is 13.5. The van der Waals surface area contributed by atoms with Crippen LogP contribution in [-0.2, 0) is 16.0 Å². The van der Waals surface area contributed by atoms with E-state index >= 15 is 0 Å². The molecule has 0 spiro atoms. The molecule has 3 unspecified atom stereocenters. The fourth-order valence-corrected chi connectivity index (χ4v) is 7.74. The number of amides is 1. The number of halogens is 1. The normalized spacial score (nSPS) is 36.3. The van der Waals surface area contributed by atoms with Gasteiger partial charge in [0.05, 0.1) is 0 Å². The molecular formula is C24H30ClNO5. The van der Waals surface area contributed by atoms with Gasteiger partial charge in [0.15, 0.2) is 6.61 Å². The van der Waals surface area contributed by atoms with Crippen molar-refractivity contribution in [3.63, 3.8) is 0 Å². The van der Waals surface area contributed by atoms with Gasteiger partial charge in [-0.1, -0.05) is 17.7 Å². The fourth-order valence-electron chi connectivity index (χ4n) is 7.50. The maximum atomic E-state index is 13.5. The minimum Gasteiger partial charge on any atom is -0.482 e. The summed E-state index contributed by atoms with van der Waals surface area (Å²) < 4.78 is 5.19. The summed E-state index contributed by atoms with van der Waals surface area (Å²) in [7, 11) is 0. The maximum Gasteiger partial charge on any atom is 0.341 e. The van der Waals surface area contributed by atoms with Gasteiger partial charge >= 0.3 is 5.97 Å². The molecule has 0 radical (unpaired) electrons. The van der Waals surface area contributed by atoms with Gasteiger partial charge in [-0.3, -0.25) is 4.79 Å². The van der Waals surface area contributed by atoms with Crippen LogP contribution in [0.2, 0.25) is 5.02 Å². The Balaban J connectivity index is 1.29. The monoisotopic (exact) mass is 447 g/mol. The van der Waals surface area contributed by atoms with E-state index in [1.807, 2.05) is 6.07 Å². The summed E-state index contributed by atoms with van der Waals surface area (Å²) in [6, 6.07) is 5.17. The average Bonchev–Trinajstić information content (AvgIpc) is 3.08. The zero-order valence-corrected chi connectivity index (χ0v) is 18.4. The number of carboxylic acids is 1. The Morgan fingerprint density at radius 1 is 1.23 bits per heavy atom. The highest BCUT2D eigenvalue weighted by molar-refractivity contribution is 6.31. The average molecular weight is 448 g/mol. The molecule has 0 aromatic heterocycles. The van der Waals surface area contributed by atoms with Gasteiger partial charge < -0.3 is 19.8 Å². The number of hydrogen-bond donors (Lipinski definition) is 2. The van der Waals surface area contributed by atoms with Crippen LogP contribution in [0.4, 0.5) is 0 Å². The van der Waals surface area contributed by atoms with Crippen molar-refractivity contribution in [2.75, 3.05) is 19.8 Å². The van der Waals surface area contributed by atoms with E-state index in [4.69, 9.17) is 21.4 Å². The summed E-state index contributed by atoms with van der Waals surface area (Å²) >= 11 is 6.42. The summed E-state index contributed by atoms with van der Waals surface area (Å²) in [5.74, 6) is 0.822. The van der Waals surface area contributed by atoms with E-state index in [1.165, 1.54) is 6.42 Å². The first-order chi connectivity index (χ1) is 14.8. The van der Waals surface area contributed by atoms with Gasteiger partial charge in [-0.2, -0.15) is 0 Å².